The van der Waals surface area contributed by atoms with Crippen molar-refractivity contribution >= 4 is 18.0 Å². The molecule has 2 aromatic carbocycles. The van der Waals surface area contributed by atoms with Gasteiger partial charge in [0.1, 0.15) is 18.4 Å². The van der Waals surface area contributed by atoms with E-state index in [1.807, 2.05) is 30.3 Å². The van der Waals surface area contributed by atoms with E-state index >= 15 is 0 Å². The van der Waals surface area contributed by atoms with E-state index in [1.54, 1.807) is 24.3 Å². The number of rotatable bonds is 11. The van der Waals surface area contributed by atoms with Crippen LogP contribution >= 0.6 is 0 Å². The first-order chi connectivity index (χ1) is 15.4. The molecule has 0 radical (unpaired) electrons. The summed E-state index contributed by atoms with van der Waals surface area (Å²) in [6, 6.07) is 15.3. The molecule has 0 aliphatic carbocycles. The number of carbonyl (C=O) groups is 3. The molecule has 0 aliphatic rings. The number of carbonyl (C=O) groups excluding carboxylic acids is 3. The van der Waals surface area contributed by atoms with E-state index in [0.29, 0.717) is 11.3 Å². The summed E-state index contributed by atoms with van der Waals surface area (Å²) < 4.78 is 15.1. The van der Waals surface area contributed by atoms with Crippen LogP contribution in [-0.4, -0.2) is 56.0 Å². The van der Waals surface area contributed by atoms with Gasteiger partial charge in [-0.2, -0.15) is 0 Å². The summed E-state index contributed by atoms with van der Waals surface area (Å²) in [5, 5.41) is 15.0. The Bertz CT molecular complexity index is 889. The lowest BCUT2D eigenvalue weighted by Gasteiger charge is -2.19. The standard InChI is InChI=1S/C23H28N2O7/c1-30-20-11-7-6-10-17(20)12-19(22(28)31-2)25-21(27)13-18(26)14-24-23(29)32-15-16-8-4-3-5-9-16/h3-11,18-19,26H,12-15H2,1-2H3,(H,24,29)(H,25,27)/t18-,19+/m1/s1. The molecule has 2 amide bonds. The van der Waals surface area contributed by atoms with Crippen LogP contribution < -0.4 is 15.4 Å². The van der Waals surface area contributed by atoms with E-state index < -0.39 is 30.1 Å². The number of amides is 2. The largest absolute Gasteiger partial charge is 0.496 e. The van der Waals surface area contributed by atoms with Crippen molar-refractivity contribution < 1.29 is 33.7 Å². The summed E-state index contributed by atoms with van der Waals surface area (Å²) in [5.74, 6) is -0.613. The van der Waals surface area contributed by atoms with Gasteiger partial charge in [-0.15, -0.1) is 0 Å². The van der Waals surface area contributed by atoms with Crippen LogP contribution in [0.4, 0.5) is 4.79 Å². The minimum atomic E-state index is -1.16. The summed E-state index contributed by atoms with van der Waals surface area (Å²) >= 11 is 0. The van der Waals surface area contributed by atoms with Crippen LogP contribution in [0.3, 0.4) is 0 Å². The number of ether oxygens (including phenoxy) is 3. The zero-order chi connectivity index (χ0) is 23.3. The predicted molar refractivity (Wildman–Crippen MR) is 116 cm³/mol. The SMILES string of the molecule is COC(=O)[C@H](Cc1ccccc1OC)NC(=O)C[C@@H](O)CNC(=O)OCc1ccccc1. The summed E-state index contributed by atoms with van der Waals surface area (Å²) in [4.78, 5) is 36.2. The lowest BCUT2D eigenvalue weighted by molar-refractivity contribution is -0.145. The number of hydrogen-bond donors (Lipinski definition) is 3. The van der Waals surface area contributed by atoms with Crippen molar-refractivity contribution in [1.82, 2.24) is 10.6 Å². The summed E-state index contributed by atoms with van der Waals surface area (Å²) in [7, 11) is 2.74. The summed E-state index contributed by atoms with van der Waals surface area (Å²) in [6.07, 6.45) is -2.04. The Morgan fingerprint density at radius 3 is 2.38 bits per heavy atom. The second kappa shape index (κ2) is 13.0. The molecule has 0 heterocycles. The van der Waals surface area contributed by atoms with Gasteiger partial charge < -0.3 is 30.0 Å². The van der Waals surface area contributed by atoms with Gasteiger partial charge in [-0.3, -0.25) is 4.79 Å². The van der Waals surface area contributed by atoms with Gasteiger partial charge in [-0.05, 0) is 17.2 Å². The quantitative estimate of drug-likeness (QED) is 0.450. The van der Waals surface area contributed by atoms with Crippen LogP contribution in [0.1, 0.15) is 17.5 Å². The predicted octanol–water partition coefficient (Wildman–Crippen LogP) is 1.57. The Morgan fingerprint density at radius 1 is 1.00 bits per heavy atom. The topological polar surface area (TPSA) is 123 Å². The van der Waals surface area contributed by atoms with Crippen LogP contribution in [0.15, 0.2) is 54.6 Å². The Balaban J connectivity index is 1.81. The molecule has 0 saturated heterocycles. The molecule has 9 heteroatoms. The molecule has 2 aromatic rings. The van der Waals surface area contributed by atoms with Gasteiger partial charge in [0.2, 0.25) is 5.91 Å². The van der Waals surface area contributed by atoms with Gasteiger partial charge >= 0.3 is 12.1 Å². The Labute approximate surface area is 186 Å². The maximum Gasteiger partial charge on any atom is 0.407 e. The Kier molecular flexibility index (Phi) is 9.99. The molecule has 0 unspecified atom stereocenters. The third-order valence-corrected chi connectivity index (χ3v) is 4.55. The molecule has 2 rings (SSSR count). The van der Waals surface area contributed by atoms with Crippen molar-refractivity contribution in [2.45, 2.75) is 31.6 Å². The number of hydrogen-bond acceptors (Lipinski definition) is 7. The van der Waals surface area contributed by atoms with Crippen LogP contribution in [0.5, 0.6) is 5.75 Å². The van der Waals surface area contributed by atoms with E-state index in [1.165, 1.54) is 14.2 Å². The van der Waals surface area contributed by atoms with Crippen molar-refractivity contribution in [3.05, 3.63) is 65.7 Å². The molecule has 0 fully saturated rings. The third-order valence-electron chi connectivity index (χ3n) is 4.55. The maximum absolute atomic E-state index is 12.3. The number of methoxy groups -OCH3 is 2. The smallest absolute Gasteiger partial charge is 0.407 e. The minimum absolute atomic E-state index is 0.0903. The van der Waals surface area contributed by atoms with Crippen molar-refractivity contribution in [3.63, 3.8) is 0 Å². The van der Waals surface area contributed by atoms with Crippen molar-refractivity contribution in [1.29, 1.82) is 0 Å². The molecule has 2 atom stereocenters. The highest BCUT2D eigenvalue weighted by molar-refractivity contribution is 5.85. The minimum Gasteiger partial charge on any atom is -0.496 e. The average Bonchev–Trinajstić information content (AvgIpc) is 2.81. The fourth-order valence-corrected chi connectivity index (χ4v) is 2.94. The fourth-order valence-electron chi connectivity index (χ4n) is 2.94. The zero-order valence-corrected chi connectivity index (χ0v) is 18.1. The zero-order valence-electron chi connectivity index (χ0n) is 18.1. The second-order valence-corrected chi connectivity index (χ2v) is 6.96. The van der Waals surface area contributed by atoms with Crippen molar-refractivity contribution in [3.8, 4) is 5.75 Å². The molecule has 172 valence electrons. The van der Waals surface area contributed by atoms with E-state index in [0.717, 1.165) is 5.56 Å². The number of aliphatic hydroxyl groups is 1. The number of esters is 1. The van der Waals surface area contributed by atoms with Gasteiger partial charge in [0.25, 0.3) is 0 Å². The van der Waals surface area contributed by atoms with Gasteiger partial charge in [-0.1, -0.05) is 48.5 Å². The van der Waals surface area contributed by atoms with E-state index in [4.69, 9.17) is 14.2 Å². The van der Waals surface area contributed by atoms with Gasteiger partial charge in [0.05, 0.1) is 26.7 Å². The fraction of sp³-hybridized carbons (Fsp3) is 0.348. The van der Waals surface area contributed by atoms with Crippen LogP contribution in [0, 0.1) is 0 Å². The summed E-state index contributed by atoms with van der Waals surface area (Å²) in [6.45, 7) is -0.0938. The van der Waals surface area contributed by atoms with Gasteiger partial charge in [-0.25, -0.2) is 9.59 Å². The highest BCUT2D eigenvalue weighted by Crippen LogP contribution is 2.19. The molecular weight excluding hydrogens is 416 g/mol. The molecule has 0 aromatic heterocycles. The van der Waals surface area contributed by atoms with E-state index in [2.05, 4.69) is 10.6 Å². The first-order valence-corrected chi connectivity index (χ1v) is 10.0. The number of alkyl carbamates (subject to hydrolysis) is 1. The number of aliphatic hydroxyl groups excluding tert-OH is 1. The highest BCUT2D eigenvalue weighted by Gasteiger charge is 2.24. The molecule has 32 heavy (non-hydrogen) atoms. The van der Waals surface area contributed by atoms with Gasteiger partial charge in [0.15, 0.2) is 0 Å². The molecule has 0 aliphatic heterocycles. The van der Waals surface area contributed by atoms with Crippen LogP contribution in [-0.2, 0) is 32.1 Å². The number of nitrogens with one attached hydrogen (secondary N) is 2. The first kappa shape index (κ1) is 24.7. The monoisotopic (exact) mass is 444 g/mol. The van der Waals surface area contributed by atoms with Crippen molar-refractivity contribution in [2.24, 2.45) is 0 Å². The Morgan fingerprint density at radius 2 is 1.69 bits per heavy atom. The highest BCUT2D eigenvalue weighted by atomic mass is 16.5. The lowest BCUT2D eigenvalue weighted by Crippen LogP contribution is -2.45. The van der Waals surface area contributed by atoms with Crippen LogP contribution in [0.2, 0.25) is 0 Å². The number of para-hydroxylation sites is 1. The first-order valence-electron chi connectivity index (χ1n) is 10.0. The average molecular weight is 444 g/mol. The molecular formula is C23H28N2O7. The number of benzene rings is 2. The van der Waals surface area contributed by atoms with Gasteiger partial charge in [0, 0.05) is 13.0 Å². The normalized spacial score (nSPS) is 12.2. The molecule has 0 spiro atoms. The molecule has 0 bridgehead atoms. The third kappa shape index (κ3) is 8.27. The maximum atomic E-state index is 12.3. The second-order valence-electron chi connectivity index (χ2n) is 6.96. The lowest BCUT2D eigenvalue weighted by atomic mass is 10.0. The molecule has 9 nitrogen and oxygen atoms in total. The Hall–Kier alpha value is -3.59. The van der Waals surface area contributed by atoms with E-state index in [-0.39, 0.29) is 26.0 Å². The van der Waals surface area contributed by atoms with E-state index in [9.17, 15) is 19.5 Å². The molecule has 3 N–H and O–H groups in total. The van der Waals surface area contributed by atoms with Crippen LogP contribution in [0.25, 0.3) is 0 Å². The van der Waals surface area contributed by atoms with Crippen molar-refractivity contribution in [2.75, 3.05) is 20.8 Å². The summed E-state index contributed by atoms with van der Waals surface area (Å²) in [5.41, 5.74) is 1.54. The molecule has 0 saturated carbocycles.